The summed E-state index contributed by atoms with van der Waals surface area (Å²) in [5, 5.41) is 11.1. The number of nitrogens with one attached hydrogen (secondary N) is 2. The van der Waals surface area contributed by atoms with E-state index in [1.54, 1.807) is 6.20 Å². The van der Waals surface area contributed by atoms with Gasteiger partial charge in [-0.05, 0) is 11.5 Å². The fraction of sp³-hybridized carbons (Fsp3) is 0.143. The second kappa shape index (κ2) is 5.58. The first-order chi connectivity index (χ1) is 10.2. The van der Waals surface area contributed by atoms with E-state index in [0.717, 1.165) is 10.8 Å². The van der Waals surface area contributed by atoms with Crippen LogP contribution >= 0.6 is 0 Å². The molecule has 2 aromatic heterocycles. The zero-order valence-corrected chi connectivity index (χ0v) is 11.2. The highest BCUT2D eigenvalue weighted by molar-refractivity contribution is 6.05. The van der Waals surface area contributed by atoms with Crippen molar-refractivity contribution in [3.8, 4) is 0 Å². The molecule has 0 unspecified atom stereocenters. The number of rotatable bonds is 4. The quantitative estimate of drug-likeness (QED) is 0.659. The van der Waals surface area contributed by atoms with Gasteiger partial charge in [-0.2, -0.15) is 4.98 Å². The molecular formula is C14H14N6O. The molecule has 3 aromatic rings. The normalized spacial score (nSPS) is 10.7. The highest BCUT2D eigenvalue weighted by Gasteiger charge is 2.11. The summed E-state index contributed by atoms with van der Waals surface area (Å²) in [4.78, 5) is 20.4. The van der Waals surface area contributed by atoms with Crippen molar-refractivity contribution >= 4 is 22.6 Å². The van der Waals surface area contributed by atoms with Crippen LogP contribution in [0.15, 0.2) is 36.5 Å². The third kappa shape index (κ3) is 2.81. The maximum atomic E-state index is 12.2. The zero-order chi connectivity index (χ0) is 14.7. The van der Waals surface area contributed by atoms with Crippen LogP contribution in [0, 0.1) is 0 Å². The van der Waals surface area contributed by atoms with E-state index in [9.17, 15) is 4.79 Å². The lowest BCUT2D eigenvalue weighted by molar-refractivity contribution is 0.0951. The number of pyridine rings is 1. The number of hydrogen-bond acceptors (Lipinski definition) is 5. The summed E-state index contributed by atoms with van der Waals surface area (Å²) in [6.45, 7) is 0.429. The smallest absolute Gasteiger partial charge is 0.270 e. The SMILES string of the molecule is Nc1n[nH]c(CCNC(=O)c2nccc3ccccc23)n1. The average molecular weight is 282 g/mol. The number of anilines is 1. The van der Waals surface area contributed by atoms with E-state index in [1.807, 2.05) is 30.3 Å². The molecule has 0 fully saturated rings. The summed E-state index contributed by atoms with van der Waals surface area (Å²) >= 11 is 0. The summed E-state index contributed by atoms with van der Waals surface area (Å²) in [5.41, 5.74) is 5.83. The highest BCUT2D eigenvalue weighted by atomic mass is 16.1. The standard InChI is InChI=1S/C14H14N6O/c15-14-18-11(19-20-14)6-8-17-13(21)12-10-4-2-1-3-9(10)5-7-16-12/h1-5,7H,6,8H2,(H,17,21)(H3,15,18,19,20). The molecule has 21 heavy (non-hydrogen) atoms. The number of aromatic nitrogens is 4. The molecular weight excluding hydrogens is 268 g/mol. The third-order valence-electron chi connectivity index (χ3n) is 3.09. The van der Waals surface area contributed by atoms with Gasteiger partial charge in [-0.1, -0.05) is 24.3 Å². The van der Waals surface area contributed by atoms with Crippen molar-refractivity contribution in [1.82, 2.24) is 25.5 Å². The van der Waals surface area contributed by atoms with E-state index in [4.69, 9.17) is 5.73 Å². The minimum absolute atomic E-state index is 0.201. The number of benzene rings is 1. The summed E-state index contributed by atoms with van der Waals surface area (Å²) < 4.78 is 0. The molecule has 0 saturated carbocycles. The maximum Gasteiger partial charge on any atom is 0.270 e. The van der Waals surface area contributed by atoms with Crippen molar-refractivity contribution in [2.75, 3.05) is 12.3 Å². The van der Waals surface area contributed by atoms with Gasteiger partial charge in [-0.15, -0.1) is 5.10 Å². The van der Waals surface area contributed by atoms with Crippen molar-refractivity contribution in [3.63, 3.8) is 0 Å². The van der Waals surface area contributed by atoms with E-state index in [1.165, 1.54) is 0 Å². The molecule has 7 nitrogen and oxygen atoms in total. The molecule has 0 aliphatic rings. The molecule has 0 saturated heterocycles. The summed E-state index contributed by atoms with van der Waals surface area (Å²) in [5.74, 6) is 0.630. The van der Waals surface area contributed by atoms with Crippen LogP contribution in [0.3, 0.4) is 0 Å². The second-order valence-electron chi connectivity index (χ2n) is 4.53. The van der Waals surface area contributed by atoms with Gasteiger partial charge in [0.2, 0.25) is 5.95 Å². The van der Waals surface area contributed by atoms with Crippen molar-refractivity contribution in [3.05, 3.63) is 48.0 Å². The molecule has 7 heteroatoms. The lowest BCUT2D eigenvalue weighted by Gasteiger charge is -2.06. The van der Waals surface area contributed by atoms with Crippen molar-refractivity contribution in [2.24, 2.45) is 0 Å². The first kappa shape index (κ1) is 13.0. The van der Waals surface area contributed by atoms with Gasteiger partial charge < -0.3 is 11.1 Å². The van der Waals surface area contributed by atoms with Crippen LogP contribution in [0.2, 0.25) is 0 Å². The summed E-state index contributed by atoms with van der Waals surface area (Å²) in [6.07, 6.45) is 2.16. The molecule has 1 aromatic carbocycles. The van der Waals surface area contributed by atoms with Gasteiger partial charge in [0.1, 0.15) is 11.5 Å². The number of amides is 1. The van der Waals surface area contributed by atoms with Crippen LogP contribution < -0.4 is 11.1 Å². The predicted molar refractivity (Wildman–Crippen MR) is 78.6 cm³/mol. The minimum Gasteiger partial charge on any atom is -0.367 e. The fourth-order valence-corrected chi connectivity index (χ4v) is 2.10. The van der Waals surface area contributed by atoms with Crippen molar-refractivity contribution in [2.45, 2.75) is 6.42 Å². The van der Waals surface area contributed by atoms with Crippen LogP contribution in [0.25, 0.3) is 10.8 Å². The largest absolute Gasteiger partial charge is 0.367 e. The van der Waals surface area contributed by atoms with Crippen LogP contribution in [-0.2, 0) is 6.42 Å². The van der Waals surface area contributed by atoms with E-state index in [0.29, 0.717) is 24.5 Å². The summed E-state index contributed by atoms with van der Waals surface area (Å²) in [6, 6.07) is 9.53. The van der Waals surface area contributed by atoms with E-state index < -0.39 is 0 Å². The molecule has 0 atom stereocenters. The number of nitrogens with zero attached hydrogens (tertiary/aromatic N) is 3. The molecule has 0 radical (unpaired) electrons. The predicted octanol–water partition coefficient (Wildman–Crippen LogP) is 0.908. The number of aromatic amines is 1. The fourth-order valence-electron chi connectivity index (χ4n) is 2.10. The molecule has 0 aliphatic heterocycles. The van der Waals surface area contributed by atoms with Crippen LogP contribution in [-0.4, -0.2) is 32.6 Å². The molecule has 0 aliphatic carbocycles. The van der Waals surface area contributed by atoms with Crippen LogP contribution in [0.1, 0.15) is 16.3 Å². The topological polar surface area (TPSA) is 110 Å². The number of nitrogen functional groups attached to an aromatic ring is 1. The van der Waals surface area contributed by atoms with Crippen LogP contribution in [0.4, 0.5) is 5.95 Å². The Morgan fingerprint density at radius 2 is 2.14 bits per heavy atom. The molecule has 1 amide bonds. The zero-order valence-electron chi connectivity index (χ0n) is 11.2. The number of H-pyrrole nitrogens is 1. The van der Waals surface area contributed by atoms with Gasteiger partial charge >= 0.3 is 0 Å². The van der Waals surface area contributed by atoms with Gasteiger partial charge in [0.15, 0.2) is 0 Å². The highest BCUT2D eigenvalue weighted by Crippen LogP contribution is 2.15. The van der Waals surface area contributed by atoms with Gasteiger partial charge in [-0.3, -0.25) is 14.9 Å². The first-order valence-electron chi connectivity index (χ1n) is 6.53. The Bertz CT molecular complexity index is 776. The minimum atomic E-state index is -0.209. The van der Waals surface area contributed by atoms with Gasteiger partial charge in [0, 0.05) is 24.5 Å². The van der Waals surface area contributed by atoms with Gasteiger partial charge in [-0.25, -0.2) is 0 Å². The Balaban J connectivity index is 1.69. The van der Waals surface area contributed by atoms with Crippen LogP contribution in [0.5, 0.6) is 0 Å². The van der Waals surface area contributed by atoms with Gasteiger partial charge in [0.05, 0.1) is 0 Å². The Morgan fingerprint density at radius 1 is 1.29 bits per heavy atom. The molecule has 0 bridgehead atoms. The number of carbonyl (C=O) groups is 1. The van der Waals surface area contributed by atoms with Crippen molar-refractivity contribution in [1.29, 1.82) is 0 Å². The average Bonchev–Trinajstić information content (AvgIpc) is 2.92. The molecule has 0 spiro atoms. The lowest BCUT2D eigenvalue weighted by atomic mass is 10.1. The van der Waals surface area contributed by atoms with Gasteiger partial charge in [0.25, 0.3) is 5.91 Å². The molecule has 106 valence electrons. The molecule has 2 heterocycles. The Hall–Kier alpha value is -2.96. The molecule has 4 N–H and O–H groups in total. The first-order valence-corrected chi connectivity index (χ1v) is 6.53. The number of carbonyl (C=O) groups excluding carboxylic acids is 1. The number of fused-ring (bicyclic) bond motifs is 1. The van der Waals surface area contributed by atoms with Crippen molar-refractivity contribution < 1.29 is 4.79 Å². The Labute approximate surface area is 120 Å². The lowest BCUT2D eigenvalue weighted by Crippen LogP contribution is -2.27. The molecule has 3 rings (SSSR count). The number of hydrogen-bond donors (Lipinski definition) is 3. The third-order valence-corrected chi connectivity index (χ3v) is 3.09. The Kier molecular flexibility index (Phi) is 3.46. The van der Waals surface area contributed by atoms with E-state index in [2.05, 4.69) is 25.5 Å². The summed E-state index contributed by atoms with van der Waals surface area (Å²) in [7, 11) is 0. The van der Waals surface area contributed by atoms with E-state index in [-0.39, 0.29) is 11.9 Å². The number of nitrogens with two attached hydrogens (primary N) is 1. The monoisotopic (exact) mass is 282 g/mol. The second-order valence-corrected chi connectivity index (χ2v) is 4.53. The Morgan fingerprint density at radius 3 is 2.95 bits per heavy atom. The maximum absolute atomic E-state index is 12.2. The van der Waals surface area contributed by atoms with E-state index >= 15 is 0 Å².